The first kappa shape index (κ1) is 15.8. The van der Waals surface area contributed by atoms with E-state index in [1.165, 1.54) is 6.33 Å². The number of amides is 1. The summed E-state index contributed by atoms with van der Waals surface area (Å²) in [4.78, 5) is 21.2. The Bertz CT molecular complexity index is 772. The molecule has 2 fully saturated rings. The van der Waals surface area contributed by atoms with Gasteiger partial charge < -0.3 is 10.1 Å². The first-order chi connectivity index (χ1) is 11.6. The molecule has 1 aromatic heterocycles. The van der Waals surface area contributed by atoms with Gasteiger partial charge in [0, 0.05) is 17.8 Å². The summed E-state index contributed by atoms with van der Waals surface area (Å²) in [5, 5.41) is 3.79. The van der Waals surface area contributed by atoms with Crippen LogP contribution in [0.3, 0.4) is 0 Å². The molecule has 24 heavy (non-hydrogen) atoms. The smallest absolute Gasteiger partial charge is 0.230 e. The SMILES string of the molecule is O=C(Nc1ccc(Cl)c(Cl)c1)C1C2CCC(O2)C1c1ccncn1. The molecule has 2 aliphatic heterocycles. The van der Waals surface area contributed by atoms with E-state index >= 15 is 0 Å². The van der Waals surface area contributed by atoms with Gasteiger partial charge in [0.1, 0.15) is 6.33 Å². The Morgan fingerprint density at radius 3 is 2.75 bits per heavy atom. The van der Waals surface area contributed by atoms with Crippen LogP contribution in [0, 0.1) is 5.92 Å². The zero-order chi connectivity index (χ0) is 16.7. The fourth-order valence-corrected chi connectivity index (χ4v) is 3.98. The summed E-state index contributed by atoms with van der Waals surface area (Å²) in [7, 11) is 0. The second kappa shape index (κ2) is 6.31. The lowest BCUT2D eigenvalue weighted by atomic mass is 9.77. The van der Waals surface area contributed by atoms with E-state index < -0.39 is 0 Å². The van der Waals surface area contributed by atoms with Crippen molar-refractivity contribution in [3.63, 3.8) is 0 Å². The van der Waals surface area contributed by atoms with Crippen molar-refractivity contribution in [2.75, 3.05) is 5.32 Å². The Balaban J connectivity index is 1.59. The highest BCUT2D eigenvalue weighted by Crippen LogP contribution is 2.48. The lowest BCUT2D eigenvalue weighted by Crippen LogP contribution is -2.36. The van der Waals surface area contributed by atoms with E-state index in [0.29, 0.717) is 15.7 Å². The fourth-order valence-electron chi connectivity index (χ4n) is 3.68. The number of aromatic nitrogens is 2. The minimum Gasteiger partial charge on any atom is -0.373 e. The molecule has 0 aliphatic carbocycles. The molecule has 0 saturated carbocycles. The molecule has 1 N–H and O–H groups in total. The Hall–Kier alpha value is -1.69. The van der Waals surface area contributed by atoms with Gasteiger partial charge in [0.2, 0.25) is 5.91 Å². The van der Waals surface area contributed by atoms with Crippen LogP contribution in [0.5, 0.6) is 0 Å². The summed E-state index contributed by atoms with van der Waals surface area (Å²) < 4.78 is 5.99. The summed E-state index contributed by atoms with van der Waals surface area (Å²) in [6, 6.07) is 6.91. The molecule has 4 rings (SSSR count). The van der Waals surface area contributed by atoms with E-state index in [0.717, 1.165) is 18.5 Å². The summed E-state index contributed by atoms with van der Waals surface area (Å²) in [6.07, 6.45) is 5.02. The van der Waals surface area contributed by atoms with Crippen molar-refractivity contribution in [3.8, 4) is 0 Å². The van der Waals surface area contributed by atoms with E-state index in [9.17, 15) is 4.79 Å². The van der Waals surface area contributed by atoms with Gasteiger partial charge in [0.05, 0.1) is 33.9 Å². The maximum atomic E-state index is 12.9. The van der Waals surface area contributed by atoms with Gasteiger partial charge in [-0.2, -0.15) is 0 Å². The molecular formula is C17H15Cl2N3O2. The topological polar surface area (TPSA) is 64.1 Å². The average Bonchev–Trinajstić information content (AvgIpc) is 3.20. The largest absolute Gasteiger partial charge is 0.373 e. The van der Waals surface area contributed by atoms with Crippen molar-refractivity contribution < 1.29 is 9.53 Å². The minimum atomic E-state index is -0.270. The molecule has 0 radical (unpaired) electrons. The van der Waals surface area contributed by atoms with Crippen molar-refractivity contribution >= 4 is 34.8 Å². The van der Waals surface area contributed by atoms with Crippen LogP contribution in [0.25, 0.3) is 0 Å². The van der Waals surface area contributed by atoms with Gasteiger partial charge in [-0.15, -0.1) is 0 Å². The number of nitrogens with one attached hydrogen (secondary N) is 1. The van der Waals surface area contributed by atoms with Gasteiger partial charge in [-0.25, -0.2) is 9.97 Å². The molecule has 0 spiro atoms. The van der Waals surface area contributed by atoms with Crippen LogP contribution in [0.15, 0.2) is 36.8 Å². The maximum Gasteiger partial charge on any atom is 0.230 e. The second-order valence-electron chi connectivity index (χ2n) is 6.09. The van der Waals surface area contributed by atoms with E-state index in [1.54, 1.807) is 24.4 Å². The normalized spacial score (nSPS) is 28.1. The van der Waals surface area contributed by atoms with Crippen LogP contribution in [0.4, 0.5) is 5.69 Å². The van der Waals surface area contributed by atoms with Crippen molar-refractivity contribution in [2.45, 2.75) is 31.0 Å². The molecule has 3 heterocycles. The number of hydrogen-bond acceptors (Lipinski definition) is 4. The number of nitrogens with zero attached hydrogens (tertiary/aromatic N) is 2. The highest BCUT2D eigenvalue weighted by Gasteiger charge is 2.53. The number of ether oxygens (including phenoxy) is 1. The van der Waals surface area contributed by atoms with Gasteiger partial charge in [-0.1, -0.05) is 23.2 Å². The van der Waals surface area contributed by atoms with E-state index in [-0.39, 0.29) is 30.0 Å². The summed E-state index contributed by atoms with van der Waals surface area (Å²) in [5.41, 5.74) is 1.48. The summed E-state index contributed by atoms with van der Waals surface area (Å²) >= 11 is 11.9. The summed E-state index contributed by atoms with van der Waals surface area (Å²) in [5.74, 6) is -0.396. The van der Waals surface area contributed by atoms with Gasteiger partial charge in [-0.3, -0.25) is 4.79 Å². The van der Waals surface area contributed by atoms with Gasteiger partial charge in [0.15, 0.2) is 0 Å². The Kier molecular flexibility index (Phi) is 4.16. The van der Waals surface area contributed by atoms with Gasteiger partial charge in [0.25, 0.3) is 0 Å². The molecule has 2 aliphatic rings. The molecular weight excluding hydrogens is 349 g/mol. The number of halogens is 2. The number of hydrogen-bond donors (Lipinski definition) is 1. The van der Waals surface area contributed by atoms with Crippen LogP contribution in [-0.4, -0.2) is 28.1 Å². The molecule has 1 amide bonds. The molecule has 2 saturated heterocycles. The van der Waals surface area contributed by atoms with E-state index in [1.807, 2.05) is 6.07 Å². The monoisotopic (exact) mass is 363 g/mol. The molecule has 1 aromatic carbocycles. The number of benzene rings is 1. The second-order valence-corrected chi connectivity index (χ2v) is 6.91. The van der Waals surface area contributed by atoms with Crippen molar-refractivity contribution in [3.05, 3.63) is 52.5 Å². The molecule has 7 heteroatoms. The van der Waals surface area contributed by atoms with Crippen molar-refractivity contribution in [2.24, 2.45) is 5.92 Å². The molecule has 2 aromatic rings. The Morgan fingerprint density at radius 1 is 1.17 bits per heavy atom. The highest BCUT2D eigenvalue weighted by molar-refractivity contribution is 6.42. The first-order valence-corrected chi connectivity index (χ1v) is 8.56. The predicted octanol–water partition coefficient (Wildman–Crippen LogP) is 3.68. The Labute approximate surface area is 149 Å². The zero-order valence-corrected chi connectivity index (χ0v) is 14.2. The van der Waals surface area contributed by atoms with Crippen LogP contribution in [0.2, 0.25) is 10.0 Å². The third kappa shape index (κ3) is 2.77. The molecule has 5 nitrogen and oxygen atoms in total. The van der Waals surface area contributed by atoms with E-state index in [4.69, 9.17) is 27.9 Å². The number of carbonyl (C=O) groups excluding carboxylic acids is 1. The lowest BCUT2D eigenvalue weighted by molar-refractivity contribution is -0.121. The number of carbonyl (C=O) groups is 1. The minimum absolute atomic E-state index is 0.0365. The predicted molar refractivity (Wildman–Crippen MR) is 91.2 cm³/mol. The van der Waals surface area contributed by atoms with Gasteiger partial charge >= 0.3 is 0 Å². The van der Waals surface area contributed by atoms with Crippen molar-refractivity contribution in [1.82, 2.24) is 9.97 Å². The maximum absolute atomic E-state index is 12.9. The lowest BCUT2D eigenvalue weighted by Gasteiger charge is -2.26. The van der Waals surface area contributed by atoms with Crippen LogP contribution in [-0.2, 0) is 9.53 Å². The zero-order valence-electron chi connectivity index (χ0n) is 12.7. The highest BCUT2D eigenvalue weighted by atomic mass is 35.5. The standard InChI is InChI=1S/C17H15Cl2N3O2/c18-10-2-1-9(7-11(10)19)22-17(23)16-14-4-3-13(24-14)15(16)12-5-6-20-8-21-12/h1-2,5-8,13-16H,3-4H2,(H,22,23). The molecule has 2 bridgehead atoms. The fraction of sp³-hybridized carbons (Fsp3) is 0.353. The summed E-state index contributed by atoms with van der Waals surface area (Å²) in [6.45, 7) is 0. The molecule has 124 valence electrons. The first-order valence-electron chi connectivity index (χ1n) is 7.81. The van der Waals surface area contributed by atoms with Crippen molar-refractivity contribution in [1.29, 1.82) is 0 Å². The van der Waals surface area contributed by atoms with E-state index in [2.05, 4.69) is 15.3 Å². The number of rotatable bonds is 3. The number of fused-ring (bicyclic) bond motifs is 2. The average molecular weight is 364 g/mol. The molecule has 4 unspecified atom stereocenters. The molecule has 4 atom stereocenters. The number of anilines is 1. The van der Waals surface area contributed by atoms with Crippen LogP contribution < -0.4 is 5.32 Å². The third-order valence-electron chi connectivity index (χ3n) is 4.71. The van der Waals surface area contributed by atoms with Gasteiger partial charge in [-0.05, 0) is 37.1 Å². The third-order valence-corrected chi connectivity index (χ3v) is 5.45. The Morgan fingerprint density at radius 2 is 2.00 bits per heavy atom. The van der Waals surface area contributed by atoms with Crippen LogP contribution in [0.1, 0.15) is 24.5 Å². The quantitative estimate of drug-likeness (QED) is 0.903. The van der Waals surface area contributed by atoms with Crippen LogP contribution >= 0.6 is 23.2 Å².